The summed E-state index contributed by atoms with van der Waals surface area (Å²) in [5.74, 6) is -0.0441. The fourth-order valence-electron chi connectivity index (χ4n) is 3.55. The summed E-state index contributed by atoms with van der Waals surface area (Å²) >= 11 is 1.28. The normalized spacial score (nSPS) is 15.7. The Hall–Kier alpha value is -2.49. The predicted molar refractivity (Wildman–Crippen MR) is 119 cm³/mol. The lowest BCUT2D eigenvalue weighted by molar-refractivity contribution is -0.137. The Morgan fingerprint density at radius 1 is 1.16 bits per heavy atom. The summed E-state index contributed by atoms with van der Waals surface area (Å²) in [5.41, 5.74) is 0.358. The van der Waals surface area contributed by atoms with Gasteiger partial charge in [0.05, 0.1) is 10.8 Å². The zero-order valence-corrected chi connectivity index (χ0v) is 19.2. The van der Waals surface area contributed by atoms with Gasteiger partial charge in [-0.3, -0.25) is 14.2 Å². The summed E-state index contributed by atoms with van der Waals surface area (Å²) in [7, 11) is 1.64. The maximum absolute atomic E-state index is 13.1. The summed E-state index contributed by atoms with van der Waals surface area (Å²) in [6.07, 6.45) is -3.18. The molecule has 0 spiro atoms. The Bertz CT molecular complexity index is 1020. The number of carbonyl (C=O) groups excluding carboxylic acids is 1. The molecule has 1 saturated heterocycles. The number of rotatable bonds is 6. The fraction of sp³-hybridized carbons (Fsp3) is 0.500. The van der Waals surface area contributed by atoms with Gasteiger partial charge in [-0.1, -0.05) is 31.7 Å². The van der Waals surface area contributed by atoms with Gasteiger partial charge < -0.3 is 9.80 Å². The number of anilines is 1. The van der Waals surface area contributed by atoms with E-state index in [2.05, 4.69) is 4.98 Å². The number of nitrogens with zero attached hydrogens (tertiary/aromatic N) is 4. The van der Waals surface area contributed by atoms with Crippen LogP contribution in [0, 0.1) is 0 Å². The maximum Gasteiger partial charge on any atom is 0.416 e. The van der Waals surface area contributed by atoms with Gasteiger partial charge in [0.1, 0.15) is 0 Å². The average molecular weight is 469 g/mol. The zero-order chi connectivity index (χ0) is 23.5. The molecule has 174 valence electrons. The van der Waals surface area contributed by atoms with Crippen molar-refractivity contribution >= 4 is 23.4 Å². The number of aromatic nitrogens is 2. The first-order chi connectivity index (χ1) is 15.1. The minimum atomic E-state index is -4.39. The van der Waals surface area contributed by atoms with Gasteiger partial charge in [-0.25, -0.2) is 4.98 Å². The molecule has 0 aliphatic carbocycles. The Morgan fingerprint density at radius 2 is 1.84 bits per heavy atom. The van der Waals surface area contributed by atoms with Crippen molar-refractivity contribution in [2.24, 2.45) is 7.05 Å². The van der Waals surface area contributed by atoms with Crippen molar-refractivity contribution in [1.29, 1.82) is 0 Å². The minimum absolute atomic E-state index is 0.0441. The SMILES string of the molecule is CCc1cc(=O)n(C)c(SC(CC)C(=O)N2CCN(c3cccc(C(F)(F)F)c3)CC2)n1. The van der Waals surface area contributed by atoms with E-state index < -0.39 is 11.7 Å². The first-order valence-electron chi connectivity index (χ1n) is 10.6. The smallest absolute Gasteiger partial charge is 0.368 e. The summed E-state index contributed by atoms with van der Waals surface area (Å²) in [5, 5.41) is 0.123. The molecule has 1 aromatic carbocycles. The lowest BCUT2D eigenvalue weighted by atomic mass is 10.1. The number of hydrogen-bond donors (Lipinski definition) is 0. The number of hydrogen-bond acceptors (Lipinski definition) is 5. The van der Waals surface area contributed by atoms with Crippen molar-refractivity contribution in [1.82, 2.24) is 14.5 Å². The van der Waals surface area contributed by atoms with Crippen LogP contribution in [0.1, 0.15) is 31.5 Å². The van der Waals surface area contributed by atoms with Crippen LogP contribution in [0.25, 0.3) is 0 Å². The molecule has 1 atom stereocenters. The van der Waals surface area contributed by atoms with Crippen LogP contribution in [-0.4, -0.2) is 51.8 Å². The molecule has 32 heavy (non-hydrogen) atoms. The van der Waals surface area contributed by atoms with E-state index in [4.69, 9.17) is 0 Å². The van der Waals surface area contributed by atoms with Crippen molar-refractivity contribution in [2.75, 3.05) is 31.1 Å². The van der Waals surface area contributed by atoms with E-state index in [1.54, 1.807) is 18.0 Å². The number of piperazine rings is 1. The van der Waals surface area contributed by atoms with E-state index in [-0.39, 0.29) is 16.7 Å². The van der Waals surface area contributed by atoms with Gasteiger partial charge in [0.2, 0.25) is 5.91 Å². The lowest BCUT2D eigenvalue weighted by Gasteiger charge is -2.37. The van der Waals surface area contributed by atoms with Crippen LogP contribution in [0.4, 0.5) is 18.9 Å². The molecule has 0 radical (unpaired) electrons. The highest BCUT2D eigenvalue weighted by Crippen LogP contribution is 2.32. The number of alkyl halides is 3. The van der Waals surface area contributed by atoms with Crippen molar-refractivity contribution in [2.45, 2.75) is 43.3 Å². The molecule has 10 heteroatoms. The Morgan fingerprint density at radius 3 is 2.44 bits per heavy atom. The molecule has 0 saturated carbocycles. The van der Waals surface area contributed by atoms with Crippen LogP contribution in [0.3, 0.4) is 0 Å². The summed E-state index contributed by atoms with van der Waals surface area (Å²) in [6.45, 7) is 5.59. The molecular weight excluding hydrogens is 441 g/mol. The molecule has 1 aromatic heterocycles. The molecule has 1 aliphatic heterocycles. The average Bonchev–Trinajstić information content (AvgIpc) is 2.79. The van der Waals surface area contributed by atoms with Gasteiger partial charge in [-0.05, 0) is 31.0 Å². The number of aryl methyl sites for hydroxylation is 1. The Labute approximate surface area is 189 Å². The first kappa shape index (κ1) is 24.2. The summed E-state index contributed by atoms with van der Waals surface area (Å²) < 4.78 is 40.5. The molecule has 2 heterocycles. The van der Waals surface area contributed by atoms with Crippen LogP contribution in [-0.2, 0) is 24.4 Å². The number of thioether (sulfide) groups is 1. The van der Waals surface area contributed by atoms with Crippen LogP contribution >= 0.6 is 11.8 Å². The molecule has 6 nitrogen and oxygen atoms in total. The van der Waals surface area contributed by atoms with Gasteiger partial charge in [0.25, 0.3) is 5.56 Å². The van der Waals surface area contributed by atoms with E-state index in [1.165, 1.54) is 28.5 Å². The highest BCUT2D eigenvalue weighted by atomic mass is 32.2. The molecule has 1 amide bonds. The second kappa shape index (κ2) is 9.97. The second-order valence-corrected chi connectivity index (χ2v) is 8.83. The fourth-order valence-corrected chi connectivity index (χ4v) is 4.64. The van der Waals surface area contributed by atoms with Crippen molar-refractivity contribution in [3.8, 4) is 0 Å². The van der Waals surface area contributed by atoms with Crippen molar-refractivity contribution in [3.05, 3.63) is 51.9 Å². The van der Waals surface area contributed by atoms with Crippen molar-refractivity contribution < 1.29 is 18.0 Å². The number of halogens is 3. The van der Waals surface area contributed by atoms with Crippen molar-refractivity contribution in [3.63, 3.8) is 0 Å². The van der Waals surface area contributed by atoms with Crippen LogP contribution in [0.5, 0.6) is 0 Å². The Kier molecular flexibility index (Phi) is 7.53. The van der Waals surface area contributed by atoms with E-state index >= 15 is 0 Å². The van der Waals surface area contributed by atoms with E-state index in [0.717, 1.165) is 12.1 Å². The number of benzene rings is 1. The third kappa shape index (κ3) is 5.46. The lowest BCUT2D eigenvalue weighted by Crippen LogP contribution is -2.51. The molecular formula is C22H27F3N4O2S. The topological polar surface area (TPSA) is 58.4 Å². The van der Waals surface area contributed by atoms with Gasteiger partial charge >= 0.3 is 6.18 Å². The quantitative estimate of drug-likeness (QED) is 0.479. The standard InChI is InChI=1S/C22H27F3N4O2S/c1-4-16-14-19(30)27(3)21(26-16)32-18(5-2)20(31)29-11-9-28(10-12-29)17-8-6-7-15(13-17)22(23,24)25/h6-8,13-14,18H,4-5,9-12H2,1-3H3. The highest BCUT2D eigenvalue weighted by molar-refractivity contribution is 8.00. The zero-order valence-electron chi connectivity index (χ0n) is 18.4. The van der Waals surface area contributed by atoms with Crippen LogP contribution in [0.15, 0.2) is 40.3 Å². The maximum atomic E-state index is 13.1. The van der Waals surface area contributed by atoms with Gasteiger partial charge in [-0.2, -0.15) is 13.2 Å². The highest BCUT2D eigenvalue weighted by Gasteiger charge is 2.32. The first-order valence-corrected chi connectivity index (χ1v) is 11.5. The van der Waals surface area contributed by atoms with E-state index in [9.17, 15) is 22.8 Å². The number of amides is 1. The largest absolute Gasteiger partial charge is 0.416 e. The second-order valence-electron chi connectivity index (χ2n) is 7.66. The van der Waals surface area contributed by atoms with Crippen LogP contribution < -0.4 is 10.5 Å². The molecule has 2 aromatic rings. The molecule has 1 unspecified atom stereocenters. The van der Waals surface area contributed by atoms with Crippen LogP contribution in [0.2, 0.25) is 0 Å². The molecule has 0 N–H and O–H groups in total. The predicted octanol–water partition coefficient (Wildman–Crippen LogP) is 3.58. The third-order valence-corrected chi connectivity index (χ3v) is 6.93. The monoisotopic (exact) mass is 468 g/mol. The number of carbonyl (C=O) groups is 1. The minimum Gasteiger partial charge on any atom is -0.368 e. The van der Waals surface area contributed by atoms with Gasteiger partial charge in [0.15, 0.2) is 5.16 Å². The molecule has 3 rings (SSSR count). The van der Waals surface area contributed by atoms with E-state index in [0.29, 0.717) is 55.6 Å². The third-order valence-electron chi connectivity index (χ3n) is 5.53. The molecule has 0 bridgehead atoms. The van der Waals surface area contributed by atoms with Gasteiger partial charge in [-0.15, -0.1) is 0 Å². The Balaban J connectivity index is 1.67. The van der Waals surface area contributed by atoms with Gasteiger partial charge in [0, 0.05) is 50.7 Å². The summed E-state index contributed by atoms with van der Waals surface area (Å²) in [4.78, 5) is 33.4. The molecule has 1 aliphatic rings. The summed E-state index contributed by atoms with van der Waals surface area (Å²) in [6, 6.07) is 6.77. The van der Waals surface area contributed by atoms with E-state index in [1.807, 2.05) is 18.7 Å². The molecule has 1 fully saturated rings.